The summed E-state index contributed by atoms with van der Waals surface area (Å²) in [6.45, 7) is 0. The molecule has 0 saturated carbocycles. The van der Waals surface area contributed by atoms with Crippen LogP contribution in [0.25, 0.3) is 17.2 Å². The zero-order chi connectivity index (χ0) is 13.0. The minimum absolute atomic E-state index is 0.678. The fourth-order valence-electron chi connectivity index (χ4n) is 1.67. The number of rotatable bonds is 3. The van der Waals surface area contributed by atoms with Gasteiger partial charge in [0.25, 0.3) is 0 Å². The fourth-order valence-corrected chi connectivity index (χ4v) is 1.92. The molecule has 18 heavy (non-hydrogen) atoms. The lowest BCUT2D eigenvalue weighted by Crippen LogP contribution is -1.86. The van der Waals surface area contributed by atoms with Gasteiger partial charge in [-0.25, -0.2) is 4.79 Å². The number of carboxylic acids is 1. The lowest BCUT2D eigenvalue weighted by molar-refractivity contribution is -0.131. The molecule has 0 heterocycles. The average Bonchev–Trinajstić information content (AvgIpc) is 2.37. The van der Waals surface area contributed by atoms with E-state index in [1.165, 1.54) is 0 Å². The molecule has 0 unspecified atom stereocenters. The molecule has 2 rings (SSSR count). The first kappa shape index (κ1) is 12.4. The number of hydrogen-bond acceptors (Lipinski definition) is 1. The second-order valence-corrected chi connectivity index (χ2v) is 4.18. The lowest BCUT2D eigenvalue weighted by atomic mass is 10.0. The number of carbonyl (C=O) groups is 1. The van der Waals surface area contributed by atoms with E-state index in [4.69, 9.17) is 16.7 Å². The quantitative estimate of drug-likeness (QED) is 0.842. The van der Waals surface area contributed by atoms with E-state index in [-0.39, 0.29) is 0 Å². The Labute approximate surface area is 110 Å². The van der Waals surface area contributed by atoms with E-state index < -0.39 is 5.97 Å². The van der Waals surface area contributed by atoms with Crippen molar-refractivity contribution in [3.8, 4) is 11.1 Å². The van der Waals surface area contributed by atoms with Crippen molar-refractivity contribution in [3.05, 3.63) is 65.2 Å². The molecule has 0 aliphatic heterocycles. The van der Waals surface area contributed by atoms with Crippen LogP contribution in [0.1, 0.15) is 5.56 Å². The van der Waals surface area contributed by atoms with Gasteiger partial charge >= 0.3 is 5.97 Å². The second kappa shape index (κ2) is 5.52. The van der Waals surface area contributed by atoms with Gasteiger partial charge in [-0.1, -0.05) is 48.0 Å². The van der Waals surface area contributed by atoms with Crippen molar-refractivity contribution < 1.29 is 9.90 Å². The van der Waals surface area contributed by atoms with Gasteiger partial charge in [0.2, 0.25) is 0 Å². The molecule has 0 radical (unpaired) electrons. The summed E-state index contributed by atoms with van der Waals surface area (Å²) in [6, 6.07) is 15.1. The molecule has 2 nitrogen and oxygen atoms in total. The molecule has 0 aliphatic carbocycles. The molecule has 0 aromatic heterocycles. The highest BCUT2D eigenvalue weighted by Gasteiger charge is 2.02. The largest absolute Gasteiger partial charge is 0.478 e. The number of benzene rings is 2. The molecule has 2 aromatic rings. The van der Waals surface area contributed by atoms with Crippen LogP contribution in [-0.2, 0) is 4.79 Å². The molecule has 0 saturated heterocycles. The van der Waals surface area contributed by atoms with Crippen LogP contribution in [0.4, 0.5) is 0 Å². The first-order valence-corrected chi connectivity index (χ1v) is 5.80. The van der Waals surface area contributed by atoms with Crippen LogP contribution in [0.3, 0.4) is 0 Å². The molecular formula is C15H11ClO2. The summed E-state index contributed by atoms with van der Waals surface area (Å²) in [5, 5.41) is 9.27. The van der Waals surface area contributed by atoms with Crippen molar-refractivity contribution in [1.82, 2.24) is 0 Å². The Morgan fingerprint density at radius 1 is 1.11 bits per heavy atom. The number of aliphatic carboxylic acids is 1. The van der Waals surface area contributed by atoms with Gasteiger partial charge in [-0.15, -0.1) is 0 Å². The van der Waals surface area contributed by atoms with Crippen molar-refractivity contribution >= 4 is 23.6 Å². The third-order valence-electron chi connectivity index (χ3n) is 2.49. The van der Waals surface area contributed by atoms with Crippen molar-refractivity contribution in [2.45, 2.75) is 0 Å². The maximum absolute atomic E-state index is 10.5. The van der Waals surface area contributed by atoms with Crippen molar-refractivity contribution in [2.24, 2.45) is 0 Å². The molecule has 0 aliphatic rings. The highest BCUT2D eigenvalue weighted by Crippen LogP contribution is 2.28. The van der Waals surface area contributed by atoms with Gasteiger partial charge in [-0.3, -0.25) is 0 Å². The van der Waals surface area contributed by atoms with E-state index >= 15 is 0 Å². The summed E-state index contributed by atoms with van der Waals surface area (Å²) >= 11 is 6.13. The predicted octanol–water partition coefficient (Wildman–Crippen LogP) is 4.10. The topological polar surface area (TPSA) is 37.3 Å². The molecule has 1 N–H and O–H groups in total. The summed E-state index contributed by atoms with van der Waals surface area (Å²) in [5.74, 6) is -0.960. The molecule has 3 heteroatoms. The van der Waals surface area contributed by atoms with Gasteiger partial charge in [0.15, 0.2) is 0 Å². The van der Waals surface area contributed by atoms with Gasteiger partial charge < -0.3 is 5.11 Å². The summed E-state index contributed by atoms with van der Waals surface area (Å²) in [7, 11) is 0. The van der Waals surface area contributed by atoms with Crippen molar-refractivity contribution in [2.75, 3.05) is 0 Å². The van der Waals surface area contributed by atoms with Crippen LogP contribution in [0.2, 0.25) is 5.02 Å². The van der Waals surface area contributed by atoms with Crippen molar-refractivity contribution in [3.63, 3.8) is 0 Å². The zero-order valence-corrected chi connectivity index (χ0v) is 10.3. The van der Waals surface area contributed by atoms with Crippen LogP contribution >= 0.6 is 11.6 Å². The molecule has 0 atom stereocenters. The van der Waals surface area contributed by atoms with E-state index in [0.29, 0.717) is 5.02 Å². The first-order chi connectivity index (χ1) is 8.66. The Hall–Kier alpha value is -2.06. The Balaban J connectivity index is 2.39. The molecule has 0 fully saturated rings. The Kier molecular flexibility index (Phi) is 3.80. The zero-order valence-electron chi connectivity index (χ0n) is 9.51. The van der Waals surface area contributed by atoms with Crippen LogP contribution < -0.4 is 0 Å². The minimum Gasteiger partial charge on any atom is -0.478 e. The van der Waals surface area contributed by atoms with Gasteiger partial charge in [0.1, 0.15) is 0 Å². The summed E-state index contributed by atoms with van der Waals surface area (Å²) < 4.78 is 0. The van der Waals surface area contributed by atoms with Gasteiger partial charge in [0.05, 0.1) is 0 Å². The standard InChI is InChI=1S/C15H11ClO2/c16-14-7-2-1-6-13(14)12-5-3-4-11(10-12)8-9-15(17)18/h1-10H,(H,17,18)/b9-8+. The number of halogens is 1. The normalized spacial score (nSPS) is 10.7. The van der Waals surface area contributed by atoms with E-state index in [2.05, 4.69) is 0 Å². The SMILES string of the molecule is O=C(O)/C=C/c1cccc(-c2ccccc2Cl)c1. The number of hydrogen-bond donors (Lipinski definition) is 1. The van der Waals surface area contributed by atoms with E-state index in [1.807, 2.05) is 48.5 Å². The number of carboxylic acid groups (broad SMARTS) is 1. The predicted molar refractivity (Wildman–Crippen MR) is 73.6 cm³/mol. The van der Waals surface area contributed by atoms with E-state index in [9.17, 15) is 4.79 Å². The van der Waals surface area contributed by atoms with Crippen LogP contribution in [-0.4, -0.2) is 11.1 Å². The van der Waals surface area contributed by atoms with Crippen LogP contribution in [0.5, 0.6) is 0 Å². The minimum atomic E-state index is -0.960. The highest BCUT2D eigenvalue weighted by atomic mass is 35.5. The Bertz CT molecular complexity index is 603. The van der Waals surface area contributed by atoms with Gasteiger partial charge in [-0.2, -0.15) is 0 Å². The third-order valence-corrected chi connectivity index (χ3v) is 2.82. The molecule has 90 valence electrons. The fraction of sp³-hybridized carbons (Fsp3) is 0. The van der Waals surface area contributed by atoms with E-state index in [1.54, 1.807) is 6.08 Å². The van der Waals surface area contributed by atoms with Gasteiger partial charge in [0, 0.05) is 16.7 Å². The van der Waals surface area contributed by atoms with Crippen LogP contribution in [0, 0.1) is 0 Å². The summed E-state index contributed by atoms with van der Waals surface area (Å²) in [5.41, 5.74) is 2.73. The maximum atomic E-state index is 10.5. The second-order valence-electron chi connectivity index (χ2n) is 3.78. The van der Waals surface area contributed by atoms with Crippen molar-refractivity contribution in [1.29, 1.82) is 0 Å². The lowest BCUT2D eigenvalue weighted by Gasteiger charge is -2.05. The Morgan fingerprint density at radius 2 is 1.89 bits per heavy atom. The Morgan fingerprint density at radius 3 is 2.61 bits per heavy atom. The average molecular weight is 259 g/mol. The highest BCUT2D eigenvalue weighted by molar-refractivity contribution is 6.33. The smallest absolute Gasteiger partial charge is 0.328 e. The first-order valence-electron chi connectivity index (χ1n) is 5.43. The summed E-state index contributed by atoms with van der Waals surface area (Å²) in [4.78, 5) is 10.5. The molecule has 0 bridgehead atoms. The molecular weight excluding hydrogens is 248 g/mol. The molecule has 2 aromatic carbocycles. The third kappa shape index (κ3) is 2.99. The molecule has 0 amide bonds. The monoisotopic (exact) mass is 258 g/mol. The van der Waals surface area contributed by atoms with E-state index in [0.717, 1.165) is 22.8 Å². The van der Waals surface area contributed by atoms with Crippen LogP contribution in [0.15, 0.2) is 54.6 Å². The maximum Gasteiger partial charge on any atom is 0.328 e. The van der Waals surface area contributed by atoms with Gasteiger partial charge in [-0.05, 0) is 29.3 Å². The molecule has 0 spiro atoms. The summed E-state index contributed by atoms with van der Waals surface area (Å²) in [6.07, 6.45) is 2.67.